The Bertz CT molecular complexity index is 640. The Labute approximate surface area is 119 Å². The third-order valence-corrected chi connectivity index (χ3v) is 2.88. The molecule has 0 unspecified atom stereocenters. The highest BCUT2D eigenvalue weighted by Crippen LogP contribution is 2.29. The van der Waals surface area contributed by atoms with Gasteiger partial charge in [0, 0.05) is 54.7 Å². The van der Waals surface area contributed by atoms with E-state index < -0.39 is 0 Å². The van der Waals surface area contributed by atoms with Crippen molar-refractivity contribution >= 4 is 17.4 Å². The number of pyridine rings is 2. The summed E-state index contributed by atoms with van der Waals surface area (Å²) >= 11 is 0. The minimum Gasteiger partial charge on any atom is -0.296 e. The normalized spacial score (nSPS) is 12.3. The van der Waals surface area contributed by atoms with E-state index in [1.54, 1.807) is 19.4 Å². The van der Waals surface area contributed by atoms with Crippen molar-refractivity contribution < 1.29 is 0 Å². The Morgan fingerprint density at radius 1 is 1.10 bits per heavy atom. The van der Waals surface area contributed by atoms with Crippen LogP contribution in [-0.2, 0) is 0 Å². The average molecular weight is 263 g/mol. The highest BCUT2D eigenvalue weighted by Gasteiger charge is 2.11. The summed E-state index contributed by atoms with van der Waals surface area (Å²) in [6.07, 6.45) is 9.03. The molecule has 0 fully saturated rings. The molecular formula is C17H17N3. The van der Waals surface area contributed by atoms with Crippen LogP contribution in [0.4, 0.5) is 0 Å². The first-order chi connectivity index (χ1) is 9.74. The molecule has 0 spiro atoms. The predicted molar refractivity (Wildman–Crippen MR) is 84.5 cm³/mol. The van der Waals surface area contributed by atoms with Gasteiger partial charge in [-0.2, -0.15) is 0 Å². The van der Waals surface area contributed by atoms with Gasteiger partial charge in [-0.15, -0.1) is 0 Å². The number of hydrogen-bond acceptors (Lipinski definition) is 3. The first-order valence-electron chi connectivity index (χ1n) is 6.37. The van der Waals surface area contributed by atoms with E-state index in [1.165, 1.54) is 0 Å². The molecule has 2 rings (SSSR count). The monoisotopic (exact) mass is 263 g/mol. The highest BCUT2D eigenvalue weighted by atomic mass is 14.7. The second-order valence-corrected chi connectivity index (χ2v) is 4.44. The van der Waals surface area contributed by atoms with Crippen molar-refractivity contribution in [1.82, 2.24) is 9.97 Å². The van der Waals surface area contributed by atoms with E-state index in [-0.39, 0.29) is 0 Å². The van der Waals surface area contributed by atoms with Crippen LogP contribution in [-0.4, -0.2) is 23.2 Å². The molecule has 20 heavy (non-hydrogen) atoms. The van der Waals surface area contributed by atoms with Crippen LogP contribution in [0.1, 0.15) is 18.1 Å². The Morgan fingerprint density at radius 2 is 1.70 bits per heavy atom. The lowest BCUT2D eigenvalue weighted by atomic mass is 9.93. The molecule has 2 aromatic heterocycles. The maximum atomic E-state index is 4.19. The summed E-state index contributed by atoms with van der Waals surface area (Å²) in [6.45, 7) is 6.08. The minimum atomic E-state index is 0.969. The first kappa shape index (κ1) is 13.9. The molecule has 0 aromatic carbocycles. The van der Waals surface area contributed by atoms with Crippen LogP contribution in [0.5, 0.6) is 0 Å². The maximum Gasteiger partial charge on any atom is 0.0347 e. The molecule has 2 aromatic rings. The molecule has 0 aliphatic heterocycles. The van der Waals surface area contributed by atoms with Crippen LogP contribution in [0, 0.1) is 0 Å². The molecule has 100 valence electrons. The van der Waals surface area contributed by atoms with E-state index in [4.69, 9.17) is 0 Å². The van der Waals surface area contributed by atoms with Crippen LogP contribution in [0.3, 0.4) is 0 Å². The van der Waals surface area contributed by atoms with Crippen molar-refractivity contribution in [3.8, 4) is 0 Å². The molecule has 0 aliphatic rings. The standard InChI is InChI=1S/C17H17N3/c1-13(2)17(15-7-5-9-20-11-15)16(12-18-3)14-6-4-8-19-10-14/h4-12H,1H2,2-3H3/b17-16-,18-12?. The van der Waals surface area contributed by atoms with Gasteiger partial charge in [0.2, 0.25) is 0 Å². The fourth-order valence-corrected chi connectivity index (χ4v) is 2.08. The highest BCUT2D eigenvalue weighted by molar-refractivity contribution is 6.21. The zero-order valence-corrected chi connectivity index (χ0v) is 11.7. The molecule has 0 aliphatic carbocycles. The Morgan fingerprint density at radius 3 is 2.15 bits per heavy atom. The number of aromatic nitrogens is 2. The van der Waals surface area contributed by atoms with Gasteiger partial charge in [-0.05, 0) is 30.2 Å². The van der Waals surface area contributed by atoms with Gasteiger partial charge in [-0.3, -0.25) is 15.0 Å². The molecule has 0 amide bonds. The SMILES string of the molecule is C=C(C)/C(=C(\C=NC)c1cccnc1)c1cccnc1. The second-order valence-electron chi connectivity index (χ2n) is 4.44. The lowest BCUT2D eigenvalue weighted by molar-refractivity contribution is 1.30. The van der Waals surface area contributed by atoms with Crippen molar-refractivity contribution in [3.05, 3.63) is 72.3 Å². The van der Waals surface area contributed by atoms with Crippen LogP contribution in [0.15, 0.2) is 66.2 Å². The predicted octanol–water partition coefficient (Wildman–Crippen LogP) is 3.66. The van der Waals surface area contributed by atoms with Gasteiger partial charge < -0.3 is 0 Å². The van der Waals surface area contributed by atoms with Crippen molar-refractivity contribution in [2.45, 2.75) is 6.92 Å². The Hall–Kier alpha value is -2.55. The van der Waals surface area contributed by atoms with Crippen molar-refractivity contribution in [2.75, 3.05) is 7.05 Å². The number of aliphatic imine (C=N–C) groups is 1. The maximum absolute atomic E-state index is 4.19. The van der Waals surface area contributed by atoms with Crippen LogP contribution in [0.25, 0.3) is 11.1 Å². The van der Waals surface area contributed by atoms with Gasteiger partial charge in [0.25, 0.3) is 0 Å². The molecule has 3 nitrogen and oxygen atoms in total. The van der Waals surface area contributed by atoms with E-state index in [9.17, 15) is 0 Å². The molecule has 0 saturated carbocycles. The van der Waals surface area contributed by atoms with E-state index in [0.29, 0.717) is 0 Å². The molecule has 3 heteroatoms. The fraction of sp³-hybridized carbons (Fsp3) is 0.118. The second kappa shape index (κ2) is 6.57. The third kappa shape index (κ3) is 3.06. The molecule has 0 bridgehead atoms. The zero-order valence-electron chi connectivity index (χ0n) is 11.7. The molecule has 0 radical (unpaired) electrons. The lowest BCUT2D eigenvalue weighted by Crippen LogP contribution is -1.96. The number of rotatable bonds is 4. The van der Waals surface area contributed by atoms with Gasteiger partial charge in [-0.25, -0.2) is 0 Å². The summed E-state index contributed by atoms with van der Waals surface area (Å²) in [5.41, 5.74) is 5.05. The van der Waals surface area contributed by atoms with E-state index in [0.717, 1.165) is 27.8 Å². The van der Waals surface area contributed by atoms with Gasteiger partial charge in [0.05, 0.1) is 0 Å². The number of allylic oxidation sites excluding steroid dienone is 3. The summed E-state index contributed by atoms with van der Waals surface area (Å²) in [7, 11) is 1.76. The zero-order chi connectivity index (χ0) is 14.4. The van der Waals surface area contributed by atoms with Crippen molar-refractivity contribution in [2.24, 2.45) is 4.99 Å². The quantitative estimate of drug-likeness (QED) is 0.623. The topological polar surface area (TPSA) is 38.1 Å². The van der Waals surface area contributed by atoms with Crippen LogP contribution < -0.4 is 0 Å². The summed E-state index contributed by atoms with van der Waals surface area (Å²) in [5, 5.41) is 0. The van der Waals surface area contributed by atoms with Crippen molar-refractivity contribution in [1.29, 1.82) is 0 Å². The Balaban J connectivity index is 2.70. The molecule has 0 saturated heterocycles. The number of nitrogens with zero attached hydrogens (tertiary/aromatic N) is 3. The Kier molecular flexibility index (Phi) is 4.56. The van der Waals surface area contributed by atoms with Crippen LogP contribution >= 0.6 is 0 Å². The third-order valence-electron chi connectivity index (χ3n) is 2.88. The van der Waals surface area contributed by atoms with Gasteiger partial charge >= 0.3 is 0 Å². The van der Waals surface area contributed by atoms with Crippen LogP contribution in [0.2, 0.25) is 0 Å². The first-order valence-corrected chi connectivity index (χ1v) is 6.37. The van der Waals surface area contributed by atoms with Gasteiger partial charge in [-0.1, -0.05) is 18.7 Å². The van der Waals surface area contributed by atoms with E-state index in [2.05, 4.69) is 21.5 Å². The molecular weight excluding hydrogens is 246 g/mol. The number of hydrogen-bond donors (Lipinski definition) is 0. The van der Waals surface area contributed by atoms with E-state index in [1.807, 2.05) is 49.8 Å². The van der Waals surface area contributed by atoms with Crippen molar-refractivity contribution in [3.63, 3.8) is 0 Å². The molecule has 2 heterocycles. The van der Waals surface area contributed by atoms with Gasteiger partial charge in [0.15, 0.2) is 0 Å². The summed E-state index contributed by atoms with van der Waals surface area (Å²) in [4.78, 5) is 12.5. The molecule has 0 atom stereocenters. The molecule has 0 N–H and O–H groups in total. The fourth-order valence-electron chi connectivity index (χ4n) is 2.08. The lowest BCUT2D eigenvalue weighted by Gasteiger charge is -2.13. The average Bonchev–Trinajstić information content (AvgIpc) is 2.48. The summed E-state index contributed by atoms with van der Waals surface area (Å²) in [6, 6.07) is 7.88. The van der Waals surface area contributed by atoms with E-state index >= 15 is 0 Å². The largest absolute Gasteiger partial charge is 0.296 e. The summed E-state index contributed by atoms with van der Waals surface area (Å²) in [5.74, 6) is 0. The summed E-state index contributed by atoms with van der Waals surface area (Å²) < 4.78 is 0. The minimum absolute atomic E-state index is 0.969. The van der Waals surface area contributed by atoms with Gasteiger partial charge in [0.1, 0.15) is 0 Å². The smallest absolute Gasteiger partial charge is 0.0347 e.